The number of ether oxygens (including phenoxy) is 1. The third-order valence-electron chi connectivity index (χ3n) is 3.86. The Bertz CT molecular complexity index is 581. The highest BCUT2D eigenvalue weighted by Gasteiger charge is 2.12. The lowest BCUT2D eigenvalue weighted by molar-refractivity contribution is -0.144. The quantitative estimate of drug-likeness (QED) is 0.760. The molecule has 0 aliphatic carbocycles. The van der Waals surface area contributed by atoms with Gasteiger partial charge in [-0.2, -0.15) is 0 Å². The summed E-state index contributed by atoms with van der Waals surface area (Å²) in [5.74, 6) is 0.778. The lowest BCUT2D eigenvalue weighted by Gasteiger charge is -2.15. The van der Waals surface area contributed by atoms with Gasteiger partial charge in [0.25, 0.3) is 0 Å². The number of hydrogen-bond acceptors (Lipinski definition) is 2. The molecule has 106 valence electrons. The topological polar surface area (TPSA) is 26.3 Å². The Hall–Kier alpha value is -1.83. The van der Waals surface area contributed by atoms with Crippen molar-refractivity contribution in [3.05, 3.63) is 48.0 Å². The summed E-state index contributed by atoms with van der Waals surface area (Å²) in [5.41, 5.74) is 1.03. The summed E-state index contributed by atoms with van der Waals surface area (Å²) >= 11 is 0. The highest BCUT2D eigenvalue weighted by atomic mass is 16.5. The molecular weight excluding hydrogens is 248 g/mol. The third kappa shape index (κ3) is 3.60. The van der Waals surface area contributed by atoms with E-state index in [9.17, 15) is 4.79 Å². The number of carbonyl (C=O) groups is 1. The number of hydrogen-bond donors (Lipinski definition) is 0. The SMILES string of the molecule is CC(C)C(C)COC(=O)Cc1cccc2ccccc12. The fraction of sp³-hybridized carbons (Fsp3) is 0.389. The molecule has 0 N–H and O–H groups in total. The van der Waals surface area contributed by atoms with Crippen molar-refractivity contribution in [3.8, 4) is 0 Å². The van der Waals surface area contributed by atoms with Crippen LogP contribution in [0.15, 0.2) is 42.5 Å². The molecule has 1 atom stereocenters. The Labute approximate surface area is 120 Å². The van der Waals surface area contributed by atoms with E-state index in [1.165, 1.54) is 0 Å². The van der Waals surface area contributed by atoms with E-state index in [2.05, 4.69) is 39.0 Å². The van der Waals surface area contributed by atoms with Crippen molar-refractivity contribution in [1.82, 2.24) is 0 Å². The molecule has 20 heavy (non-hydrogen) atoms. The summed E-state index contributed by atoms with van der Waals surface area (Å²) in [6.07, 6.45) is 0.339. The first kappa shape index (κ1) is 14.6. The van der Waals surface area contributed by atoms with Crippen LogP contribution in [0.4, 0.5) is 0 Å². The largest absolute Gasteiger partial charge is 0.465 e. The molecule has 2 heteroatoms. The maximum Gasteiger partial charge on any atom is 0.310 e. The molecule has 1 unspecified atom stereocenters. The van der Waals surface area contributed by atoms with Crippen LogP contribution in [0.3, 0.4) is 0 Å². The first-order chi connectivity index (χ1) is 9.58. The smallest absolute Gasteiger partial charge is 0.310 e. The summed E-state index contributed by atoms with van der Waals surface area (Å²) in [5, 5.41) is 2.29. The molecule has 0 aliphatic heterocycles. The van der Waals surface area contributed by atoms with E-state index in [1.807, 2.05) is 24.3 Å². The number of rotatable bonds is 5. The third-order valence-corrected chi connectivity index (χ3v) is 3.86. The molecule has 2 aromatic rings. The Morgan fingerprint density at radius 3 is 2.50 bits per heavy atom. The normalized spacial score (nSPS) is 12.6. The summed E-state index contributed by atoms with van der Waals surface area (Å²) in [7, 11) is 0. The van der Waals surface area contributed by atoms with Crippen LogP contribution in [0.25, 0.3) is 10.8 Å². The minimum Gasteiger partial charge on any atom is -0.465 e. The van der Waals surface area contributed by atoms with E-state index in [0.29, 0.717) is 24.9 Å². The number of benzene rings is 2. The monoisotopic (exact) mass is 270 g/mol. The molecule has 2 aromatic carbocycles. The van der Waals surface area contributed by atoms with Gasteiger partial charge in [-0.05, 0) is 28.2 Å². The van der Waals surface area contributed by atoms with E-state index in [-0.39, 0.29) is 5.97 Å². The highest BCUT2D eigenvalue weighted by molar-refractivity contribution is 5.88. The molecular formula is C18H22O2. The predicted octanol–water partition coefficient (Wildman–Crippen LogP) is 4.22. The fourth-order valence-electron chi connectivity index (χ4n) is 2.07. The van der Waals surface area contributed by atoms with Gasteiger partial charge >= 0.3 is 5.97 Å². The van der Waals surface area contributed by atoms with Crippen molar-refractivity contribution in [2.45, 2.75) is 27.2 Å². The van der Waals surface area contributed by atoms with Gasteiger partial charge in [0.1, 0.15) is 0 Å². The van der Waals surface area contributed by atoms with Crippen LogP contribution < -0.4 is 0 Å². The van der Waals surface area contributed by atoms with Gasteiger partial charge in [0.05, 0.1) is 13.0 Å². The summed E-state index contributed by atoms with van der Waals surface area (Å²) < 4.78 is 5.38. The first-order valence-corrected chi connectivity index (χ1v) is 7.20. The molecule has 0 aliphatic rings. The van der Waals surface area contributed by atoms with Gasteiger partial charge in [0.15, 0.2) is 0 Å². The fourth-order valence-corrected chi connectivity index (χ4v) is 2.07. The van der Waals surface area contributed by atoms with Gasteiger partial charge in [-0.15, -0.1) is 0 Å². The lowest BCUT2D eigenvalue weighted by atomic mass is 9.99. The van der Waals surface area contributed by atoms with Crippen LogP contribution in [0.1, 0.15) is 26.3 Å². The van der Waals surface area contributed by atoms with Crippen molar-refractivity contribution in [2.75, 3.05) is 6.61 Å². The molecule has 2 nitrogen and oxygen atoms in total. The lowest BCUT2D eigenvalue weighted by Crippen LogP contribution is -2.17. The van der Waals surface area contributed by atoms with Crippen LogP contribution >= 0.6 is 0 Å². The van der Waals surface area contributed by atoms with Gasteiger partial charge in [-0.3, -0.25) is 4.79 Å². The zero-order valence-electron chi connectivity index (χ0n) is 12.4. The Kier molecular flexibility index (Phi) is 4.78. The van der Waals surface area contributed by atoms with Crippen LogP contribution in [0, 0.1) is 11.8 Å². The van der Waals surface area contributed by atoms with Crippen LogP contribution in [0.5, 0.6) is 0 Å². The van der Waals surface area contributed by atoms with Gasteiger partial charge in [0, 0.05) is 0 Å². The van der Waals surface area contributed by atoms with Crippen molar-refractivity contribution >= 4 is 16.7 Å². The van der Waals surface area contributed by atoms with Gasteiger partial charge in [-0.1, -0.05) is 63.2 Å². The molecule has 0 saturated carbocycles. The maximum absolute atomic E-state index is 12.0. The van der Waals surface area contributed by atoms with E-state index in [1.54, 1.807) is 0 Å². The second-order valence-corrected chi connectivity index (χ2v) is 5.72. The summed E-state index contributed by atoms with van der Waals surface area (Å²) in [6, 6.07) is 14.2. The molecule has 0 amide bonds. The van der Waals surface area contributed by atoms with Crippen molar-refractivity contribution in [2.24, 2.45) is 11.8 Å². The van der Waals surface area contributed by atoms with Crippen molar-refractivity contribution in [3.63, 3.8) is 0 Å². The van der Waals surface area contributed by atoms with E-state index >= 15 is 0 Å². The zero-order valence-corrected chi connectivity index (χ0v) is 12.4. The van der Waals surface area contributed by atoms with E-state index < -0.39 is 0 Å². The van der Waals surface area contributed by atoms with E-state index in [4.69, 9.17) is 4.74 Å². The molecule has 0 aromatic heterocycles. The Morgan fingerprint density at radius 2 is 1.75 bits per heavy atom. The molecule has 0 spiro atoms. The first-order valence-electron chi connectivity index (χ1n) is 7.20. The highest BCUT2D eigenvalue weighted by Crippen LogP contribution is 2.19. The number of carbonyl (C=O) groups excluding carboxylic acids is 1. The standard InChI is InChI=1S/C18H22O2/c1-13(2)14(3)12-20-18(19)11-16-9-6-8-15-7-4-5-10-17(15)16/h4-10,13-14H,11-12H2,1-3H3. The van der Waals surface area contributed by atoms with Gasteiger partial charge in [-0.25, -0.2) is 0 Å². The Morgan fingerprint density at radius 1 is 1.05 bits per heavy atom. The maximum atomic E-state index is 12.0. The van der Waals surface area contributed by atoms with Crippen LogP contribution in [-0.4, -0.2) is 12.6 Å². The molecule has 0 fully saturated rings. The molecule has 0 bridgehead atoms. The number of esters is 1. The van der Waals surface area contributed by atoms with Crippen LogP contribution in [-0.2, 0) is 16.0 Å². The number of fused-ring (bicyclic) bond motifs is 1. The van der Waals surface area contributed by atoms with Gasteiger partial charge in [0.2, 0.25) is 0 Å². The average molecular weight is 270 g/mol. The summed E-state index contributed by atoms with van der Waals surface area (Å²) in [4.78, 5) is 12.0. The van der Waals surface area contributed by atoms with Gasteiger partial charge < -0.3 is 4.74 Å². The van der Waals surface area contributed by atoms with Crippen molar-refractivity contribution in [1.29, 1.82) is 0 Å². The Balaban J connectivity index is 2.03. The van der Waals surface area contributed by atoms with Crippen LogP contribution in [0.2, 0.25) is 0 Å². The second-order valence-electron chi connectivity index (χ2n) is 5.72. The van der Waals surface area contributed by atoms with E-state index in [0.717, 1.165) is 16.3 Å². The molecule has 0 saturated heterocycles. The molecule has 0 heterocycles. The summed E-state index contributed by atoms with van der Waals surface area (Å²) in [6.45, 7) is 6.89. The predicted molar refractivity (Wildman–Crippen MR) is 82.6 cm³/mol. The molecule has 2 rings (SSSR count). The molecule has 0 radical (unpaired) electrons. The minimum absolute atomic E-state index is 0.145. The average Bonchev–Trinajstić information content (AvgIpc) is 2.45. The minimum atomic E-state index is -0.145. The second kappa shape index (κ2) is 6.56. The van der Waals surface area contributed by atoms with Crippen molar-refractivity contribution < 1.29 is 9.53 Å². The zero-order chi connectivity index (χ0) is 14.5.